The molecule has 0 radical (unpaired) electrons. The van der Waals surface area contributed by atoms with Crippen LogP contribution in [0.3, 0.4) is 0 Å². The van der Waals surface area contributed by atoms with Gasteiger partial charge in [0.1, 0.15) is 11.5 Å². The molecule has 0 fully saturated rings. The first-order chi connectivity index (χ1) is 8.15. The van der Waals surface area contributed by atoms with E-state index in [9.17, 15) is 0 Å². The molecule has 1 aromatic rings. The summed E-state index contributed by atoms with van der Waals surface area (Å²) in [6.45, 7) is 4.20. The summed E-state index contributed by atoms with van der Waals surface area (Å²) in [6, 6.07) is 4.27. The number of ether oxygens (including phenoxy) is 2. The Hall–Kier alpha value is -1.22. The van der Waals surface area contributed by atoms with Gasteiger partial charge in [0.05, 0.1) is 14.2 Å². The van der Waals surface area contributed by atoms with Gasteiger partial charge in [-0.2, -0.15) is 0 Å². The first kappa shape index (κ1) is 13.8. The molecule has 0 heterocycles. The molecule has 0 saturated carbocycles. The summed E-state index contributed by atoms with van der Waals surface area (Å²) in [4.78, 5) is 0. The summed E-state index contributed by atoms with van der Waals surface area (Å²) >= 11 is 0. The number of hydrogen-bond donors (Lipinski definition) is 1. The summed E-state index contributed by atoms with van der Waals surface area (Å²) in [7, 11) is 3.40. The van der Waals surface area contributed by atoms with E-state index >= 15 is 0 Å². The maximum atomic E-state index is 5.99. The first-order valence-corrected chi connectivity index (χ1v) is 6.15. The Morgan fingerprint density at radius 1 is 1.06 bits per heavy atom. The Morgan fingerprint density at radius 2 is 1.59 bits per heavy atom. The Kier molecular flexibility index (Phi) is 5.29. The van der Waals surface area contributed by atoms with Crippen molar-refractivity contribution < 1.29 is 9.47 Å². The summed E-state index contributed by atoms with van der Waals surface area (Å²) < 4.78 is 10.8. The van der Waals surface area contributed by atoms with Gasteiger partial charge in [0.15, 0.2) is 0 Å². The molecule has 2 N–H and O–H groups in total. The third kappa shape index (κ3) is 3.37. The minimum absolute atomic E-state index is 0.168. The van der Waals surface area contributed by atoms with Crippen LogP contribution in [0.5, 0.6) is 11.5 Å². The van der Waals surface area contributed by atoms with Crippen molar-refractivity contribution in [1.82, 2.24) is 0 Å². The Labute approximate surface area is 104 Å². The molecule has 0 spiro atoms. The minimum atomic E-state index is 0.168. The van der Waals surface area contributed by atoms with E-state index in [1.165, 1.54) is 0 Å². The molecule has 1 rings (SSSR count). The largest absolute Gasteiger partial charge is 0.496 e. The van der Waals surface area contributed by atoms with E-state index in [0.717, 1.165) is 41.9 Å². The summed E-state index contributed by atoms with van der Waals surface area (Å²) in [5.41, 5.74) is 8.28. The Morgan fingerprint density at radius 3 is 2.06 bits per heavy atom. The van der Waals surface area contributed by atoms with Crippen LogP contribution >= 0.6 is 0 Å². The molecule has 1 aromatic carbocycles. The van der Waals surface area contributed by atoms with E-state index in [4.69, 9.17) is 15.2 Å². The van der Waals surface area contributed by atoms with Gasteiger partial charge in [0.2, 0.25) is 0 Å². The quantitative estimate of drug-likeness (QED) is 0.827. The average Bonchev–Trinajstić information content (AvgIpc) is 2.37. The molecule has 0 aromatic heterocycles. The predicted octanol–water partition coefficient (Wildman–Crippen LogP) is 2.55. The third-order valence-electron chi connectivity index (χ3n) is 3.07. The van der Waals surface area contributed by atoms with Crippen LogP contribution < -0.4 is 15.2 Å². The van der Waals surface area contributed by atoms with E-state index in [0.29, 0.717) is 0 Å². The molecule has 96 valence electrons. The lowest BCUT2D eigenvalue weighted by Crippen LogP contribution is -2.21. The van der Waals surface area contributed by atoms with Crippen LogP contribution in [0.4, 0.5) is 0 Å². The van der Waals surface area contributed by atoms with Crippen molar-refractivity contribution in [3.05, 3.63) is 23.3 Å². The smallest absolute Gasteiger partial charge is 0.122 e. The van der Waals surface area contributed by atoms with Crippen LogP contribution in [-0.4, -0.2) is 20.3 Å². The highest BCUT2D eigenvalue weighted by Gasteiger charge is 2.12. The molecule has 0 aliphatic rings. The van der Waals surface area contributed by atoms with Crippen molar-refractivity contribution >= 4 is 0 Å². The fourth-order valence-electron chi connectivity index (χ4n) is 1.89. The van der Waals surface area contributed by atoms with E-state index in [1.807, 2.05) is 6.07 Å². The van der Waals surface area contributed by atoms with Gasteiger partial charge in [-0.25, -0.2) is 0 Å². The van der Waals surface area contributed by atoms with Crippen molar-refractivity contribution in [1.29, 1.82) is 0 Å². The van der Waals surface area contributed by atoms with Gasteiger partial charge in [-0.15, -0.1) is 0 Å². The molecule has 3 nitrogen and oxygen atoms in total. The highest BCUT2D eigenvalue weighted by atomic mass is 16.5. The van der Waals surface area contributed by atoms with Crippen molar-refractivity contribution in [2.75, 3.05) is 14.2 Å². The normalized spacial score (nSPS) is 12.3. The lowest BCUT2D eigenvalue weighted by atomic mass is 10.00. The highest BCUT2D eigenvalue weighted by molar-refractivity contribution is 5.47. The van der Waals surface area contributed by atoms with Crippen LogP contribution in [0.2, 0.25) is 0 Å². The number of hydrogen-bond acceptors (Lipinski definition) is 3. The monoisotopic (exact) mass is 237 g/mol. The van der Waals surface area contributed by atoms with Crippen LogP contribution in [0, 0.1) is 0 Å². The molecule has 3 heteroatoms. The zero-order valence-corrected chi connectivity index (χ0v) is 11.2. The molecule has 0 saturated heterocycles. The first-order valence-electron chi connectivity index (χ1n) is 6.15. The number of rotatable bonds is 6. The van der Waals surface area contributed by atoms with Crippen LogP contribution in [0.15, 0.2) is 12.1 Å². The van der Waals surface area contributed by atoms with Crippen molar-refractivity contribution in [2.24, 2.45) is 5.73 Å². The lowest BCUT2D eigenvalue weighted by molar-refractivity contribution is 0.393. The number of benzene rings is 1. The lowest BCUT2D eigenvalue weighted by Gasteiger charge is -2.16. The zero-order chi connectivity index (χ0) is 12.8. The van der Waals surface area contributed by atoms with Crippen LogP contribution in [0.1, 0.15) is 31.4 Å². The maximum absolute atomic E-state index is 5.99. The number of methoxy groups -OCH3 is 2. The molecule has 0 unspecified atom stereocenters. The summed E-state index contributed by atoms with van der Waals surface area (Å²) in [6.07, 6.45) is 2.71. The molecule has 0 aliphatic heterocycles. The van der Waals surface area contributed by atoms with E-state index < -0.39 is 0 Å². The SMILES string of the molecule is CCc1cc(OC)c(C[C@H](N)CC)cc1OC. The van der Waals surface area contributed by atoms with Gasteiger partial charge in [0, 0.05) is 6.04 Å². The Balaban J connectivity index is 3.09. The van der Waals surface area contributed by atoms with Gasteiger partial charge >= 0.3 is 0 Å². The molecule has 17 heavy (non-hydrogen) atoms. The second-order valence-corrected chi connectivity index (χ2v) is 4.20. The summed E-state index contributed by atoms with van der Waals surface area (Å²) in [5.74, 6) is 1.83. The second-order valence-electron chi connectivity index (χ2n) is 4.20. The van der Waals surface area contributed by atoms with Crippen LogP contribution in [0.25, 0.3) is 0 Å². The summed E-state index contributed by atoms with van der Waals surface area (Å²) in [5, 5.41) is 0. The van der Waals surface area contributed by atoms with Gasteiger partial charge in [-0.1, -0.05) is 13.8 Å². The van der Waals surface area contributed by atoms with E-state index in [1.54, 1.807) is 14.2 Å². The van der Waals surface area contributed by atoms with E-state index in [2.05, 4.69) is 19.9 Å². The van der Waals surface area contributed by atoms with Crippen molar-refractivity contribution in [2.45, 2.75) is 39.2 Å². The predicted molar refractivity (Wildman–Crippen MR) is 70.9 cm³/mol. The van der Waals surface area contributed by atoms with Gasteiger partial charge < -0.3 is 15.2 Å². The van der Waals surface area contributed by atoms with E-state index in [-0.39, 0.29) is 6.04 Å². The standard InChI is InChI=1S/C14H23NO2/c1-5-10-8-14(17-4)11(7-12(15)6-2)9-13(10)16-3/h8-9,12H,5-7,15H2,1-4H3/t12-/m1/s1. The Bertz CT molecular complexity index is 363. The average molecular weight is 237 g/mol. The van der Waals surface area contributed by atoms with Crippen molar-refractivity contribution in [3.8, 4) is 11.5 Å². The van der Waals surface area contributed by atoms with Gasteiger partial charge in [0.25, 0.3) is 0 Å². The fourth-order valence-corrected chi connectivity index (χ4v) is 1.89. The molecule has 0 amide bonds. The molecule has 0 aliphatic carbocycles. The number of nitrogens with two attached hydrogens (primary N) is 1. The second kappa shape index (κ2) is 6.50. The van der Waals surface area contributed by atoms with Crippen LogP contribution in [-0.2, 0) is 12.8 Å². The van der Waals surface area contributed by atoms with Gasteiger partial charge in [-0.05, 0) is 42.5 Å². The maximum Gasteiger partial charge on any atom is 0.122 e. The molecular weight excluding hydrogens is 214 g/mol. The van der Waals surface area contributed by atoms with Gasteiger partial charge in [-0.3, -0.25) is 0 Å². The van der Waals surface area contributed by atoms with Crippen molar-refractivity contribution in [3.63, 3.8) is 0 Å². The zero-order valence-electron chi connectivity index (χ0n) is 11.2. The molecule has 0 bridgehead atoms. The third-order valence-corrected chi connectivity index (χ3v) is 3.07. The molecule has 1 atom stereocenters. The topological polar surface area (TPSA) is 44.5 Å². The minimum Gasteiger partial charge on any atom is -0.496 e. The number of aryl methyl sites for hydroxylation is 1. The fraction of sp³-hybridized carbons (Fsp3) is 0.571. The molecular formula is C14H23NO2. The highest BCUT2D eigenvalue weighted by Crippen LogP contribution is 2.30.